The lowest BCUT2D eigenvalue weighted by Gasteiger charge is -2.37. The van der Waals surface area contributed by atoms with Crippen LogP contribution >= 0.6 is 11.3 Å². The zero-order chi connectivity index (χ0) is 15.7. The van der Waals surface area contributed by atoms with E-state index in [9.17, 15) is 9.90 Å². The molecule has 5 nitrogen and oxygen atoms in total. The minimum absolute atomic E-state index is 0.141. The number of nitrogens with zero attached hydrogens (tertiary/aromatic N) is 2. The first kappa shape index (κ1) is 15.9. The Morgan fingerprint density at radius 1 is 1.36 bits per heavy atom. The SMILES string of the molecule is CC(C)(O)CN1CCN(C(=O)c2cc3c(s2)CCOC3)CC1. The average molecular weight is 324 g/mol. The van der Waals surface area contributed by atoms with Gasteiger partial charge in [0, 0.05) is 44.0 Å². The van der Waals surface area contributed by atoms with E-state index in [1.807, 2.05) is 24.8 Å². The fraction of sp³-hybridized carbons (Fsp3) is 0.688. The van der Waals surface area contributed by atoms with Crippen molar-refractivity contribution in [1.82, 2.24) is 9.80 Å². The highest BCUT2D eigenvalue weighted by Crippen LogP contribution is 2.28. The second-order valence-electron chi connectivity index (χ2n) is 6.74. The Morgan fingerprint density at radius 2 is 2.09 bits per heavy atom. The van der Waals surface area contributed by atoms with Crippen LogP contribution in [0.15, 0.2) is 6.07 Å². The van der Waals surface area contributed by atoms with Crippen molar-refractivity contribution in [3.05, 3.63) is 21.4 Å². The molecule has 1 saturated heterocycles. The summed E-state index contributed by atoms with van der Waals surface area (Å²) in [6.45, 7) is 8.80. The van der Waals surface area contributed by atoms with Gasteiger partial charge in [-0.15, -0.1) is 11.3 Å². The van der Waals surface area contributed by atoms with Crippen LogP contribution < -0.4 is 0 Å². The van der Waals surface area contributed by atoms with Gasteiger partial charge in [0.15, 0.2) is 0 Å². The van der Waals surface area contributed by atoms with Crippen LogP contribution in [-0.2, 0) is 17.8 Å². The van der Waals surface area contributed by atoms with Crippen molar-refractivity contribution < 1.29 is 14.6 Å². The summed E-state index contributed by atoms with van der Waals surface area (Å²) in [5, 5.41) is 9.88. The minimum Gasteiger partial charge on any atom is -0.389 e. The monoisotopic (exact) mass is 324 g/mol. The number of β-amino-alcohol motifs (C(OH)–C–C–N with tert-alkyl or cyclic N) is 1. The Labute approximate surface area is 135 Å². The number of carbonyl (C=O) groups excluding carboxylic acids is 1. The molecular formula is C16H24N2O3S. The van der Waals surface area contributed by atoms with Gasteiger partial charge in [-0.2, -0.15) is 0 Å². The van der Waals surface area contributed by atoms with Crippen LogP contribution in [0.4, 0.5) is 0 Å². The predicted octanol–water partition coefficient (Wildman–Crippen LogP) is 1.35. The van der Waals surface area contributed by atoms with Crippen molar-refractivity contribution in [2.24, 2.45) is 0 Å². The molecule has 1 fully saturated rings. The van der Waals surface area contributed by atoms with Crippen molar-refractivity contribution in [3.63, 3.8) is 0 Å². The first-order valence-electron chi connectivity index (χ1n) is 7.86. The second kappa shape index (κ2) is 6.28. The first-order chi connectivity index (χ1) is 10.4. The maximum atomic E-state index is 12.6. The van der Waals surface area contributed by atoms with Gasteiger partial charge in [0.05, 0.1) is 23.7 Å². The van der Waals surface area contributed by atoms with Crippen LogP contribution in [0.2, 0.25) is 0 Å². The Morgan fingerprint density at radius 3 is 2.73 bits per heavy atom. The second-order valence-corrected chi connectivity index (χ2v) is 7.88. The Balaban J connectivity index is 1.59. The van der Waals surface area contributed by atoms with E-state index in [0.29, 0.717) is 13.2 Å². The fourth-order valence-electron chi connectivity index (χ4n) is 3.06. The van der Waals surface area contributed by atoms with Crippen LogP contribution in [0, 0.1) is 0 Å². The van der Waals surface area contributed by atoms with Crippen molar-refractivity contribution in [3.8, 4) is 0 Å². The molecule has 0 spiro atoms. The summed E-state index contributed by atoms with van der Waals surface area (Å²) in [5.74, 6) is 0.141. The van der Waals surface area contributed by atoms with Gasteiger partial charge >= 0.3 is 0 Å². The first-order valence-corrected chi connectivity index (χ1v) is 8.67. The fourth-order valence-corrected chi connectivity index (χ4v) is 4.18. The van der Waals surface area contributed by atoms with E-state index in [2.05, 4.69) is 4.90 Å². The van der Waals surface area contributed by atoms with Gasteiger partial charge in [0.1, 0.15) is 0 Å². The van der Waals surface area contributed by atoms with E-state index in [0.717, 1.165) is 44.1 Å². The van der Waals surface area contributed by atoms with Gasteiger partial charge in [-0.25, -0.2) is 0 Å². The molecular weight excluding hydrogens is 300 g/mol. The summed E-state index contributed by atoms with van der Waals surface area (Å²) in [5.41, 5.74) is 0.499. The molecule has 2 aliphatic heterocycles. The number of hydrogen-bond acceptors (Lipinski definition) is 5. The number of carbonyl (C=O) groups is 1. The van der Waals surface area contributed by atoms with Crippen LogP contribution in [0.25, 0.3) is 0 Å². The highest BCUT2D eigenvalue weighted by Gasteiger charge is 2.27. The third-order valence-electron chi connectivity index (χ3n) is 4.11. The number of rotatable bonds is 3. The van der Waals surface area contributed by atoms with E-state index in [1.54, 1.807) is 11.3 Å². The molecule has 3 heterocycles. The lowest BCUT2D eigenvalue weighted by Crippen LogP contribution is -2.51. The highest BCUT2D eigenvalue weighted by atomic mass is 32.1. The molecule has 1 amide bonds. The molecule has 122 valence electrons. The zero-order valence-electron chi connectivity index (χ0n) is 13.3. The quantitative estimate of drug-likeness (QED) is 0.912. The van der Waals surface area contributed by atoms with Crippen molar-refractivity contribution in [2.75, 3.05) is 39.3 Å². The smallest absolute Gasteiger partial charge is 0.264 e. The third kappa shape index (κ3) is 3.68. The Bertz CT molecular complexity index is 519. The summed E-state index contributed by atoms with van der Waals surface area (Å²) in [4.78, 5) is 18.9. The van der Waals surface area contributed by atoms with Crippen LogP contribution in [0.1, 0.15) is 34.0 Å². The summed E-state index contributed by atoms with van der Waals surface area (Å²) >= 11 is 1.62. The standard InChI is InChI=1S/C16H24N2O3S/c1-16(2,20)11-17-4-6-18(7-5-17)15(19)14-9-12-10-21-8-3-13(12)22-14/h9,20H,3-8,10-11H2,1-2H3. The summed E-state index contributed by atoms with van der Waals surface area (Å²) < 4.78 is 5.45. The number of piperazine rings is 1. The number of aliphatic hydroxyl groups is 1. The van der Waals surface area contributed by atoms with Crippen molar-refractivity contribution in [1.29, 1.82) is 0 Å². The molecule has 0 aliphatic carbocycles. The molecule has 3 rings (SSSR count). The minimum atomic E-state index is -0.682. The van der Waals surface area contributed by atoms with Crippen LogP contribution in [-0.4, -0.2) is 65.7 Å². The molecule has 0 aromatic carbocycles. The molecule has 0 saturated carbocycles. The maximum Gasteiger partial charge on any atom is 0.264 e. The van der Waals surface area contributed by atoms with Gasteiger partial charge in [-0.05, 0) is 25.5 Å². The number of hydrogen-bond donors (Lipinski definition) is 1. The van der Waals surface area contributed by atoms with Crippen LogP contribution in [0.5, 0.6) is 0 Å². The topological polar surface area (TPSA) is 53.0 Å². The normalized spacial score (nSPS) is 20.0. The van der Waals surface area contributed by atoms with E-state index >= 15 is 0 Å². The van der Waals surface area contributed by atoms with E-state index in [-0.39, 0.29) is 5.91 Å². The van der Waals surface area contributed by atoms with Gasteiger partial charge in [0.2, 0.25) is 0 Å². The van der Waals surface area contributed by atoms with E-state index in [1.165, 1.54) is 10.4 Å². The molecule has 0 atom stereocenters. The molecule has 0 unspecified atom stereocenters. The van der Waals surface area contributed by atoms with Gasteiger partial charge in [0.25, 0.3) is 5.91 Å². The number of thiophene rings is 1. The Kier molecular flexibility index (Phi) is 4.54. The molecule has 2 aliphatic rings. The number of ether oxygens (including phenoxy) is 1. The summed E-state index contributed by atoms with van der Waals surface area (Å²) in [6, 6.07) is 2.00. The summed E-state index contributed by atoms with van der Waals surface area (Å²) in [7, 11) is 0. The lowest BCUT2D eigenvalue weighted by atomic mass is 10.1. The average Bonchev–Trinajstić information content (AvgIpc) is 2.89. The third-order valence-corrected chi connectivity index (χ3v) is 5.33. The molecule has 1 N–H and O–H groups in total. The number of fused-ring (bicyclic) bond motifs is 1. The van der Waals surface area contributed by atoms with Gasteiger partial charge in [-0.3, -0.25) is 9.69 Å². The molecule has 0 radical (unpaired) electrons. The lowest BCUT2D eigenvalue weighted by molar-refractivity contribution is 0.0179. The van der Waals surface area contributed by atoms with Crippen molar-refractivity contribution in [2.45, 2.75) is 32.5 Å². The maximum absolute atomic E-state index is 12.6. The van der Waals surface area contributed by atoms with Gasteiger partial charge in [-0.1, -0.05) is 0 Å². The molecule has 1 aromatic rings. The van der Waals surface area contributed by atoms with Gasteiger partial charge < -0.3 is 14.7 Å². The molecule has 1 aromatic heterocycles. The van der Waals surface area contributed by atoms with E-state index < -0.39 is 5.60 Å². The predicted molar refractivity (Wildman–Crippen MR) is 86.3 cm³/mol. The van der Waals surface area contributed by atoms with Crippen LogP contribution in [0.3, 0.4) is 0 Å². The zero-order valence-corrected chi connectivity index (χ0v) is 14.1. The molecule has 6 heteroatoms. The van der Waals surface area contributed by atoms with E-state index in [4.69, 9.17) is 4.74 Å². The van der Waals surface area contributed by atoms with Crippen molar-refractivity contribution >= 4 is 17.2 Å². The summed E-state index contributed by atoms with van der Waals surface area (Å²) in [6.07, 6.45) is 0.923. The Hall–Kier alpha value is -0.950. The highest BCUT2D eigenvalue weighted by molar-refractivity contribution is 7.14. The molecule has 0 bridgehead atoms. The number of amides is 1. The molecule has 22 heavy (non-hydrogen) atoms. The largest absolute Gasteiger partial charge is 0.389 e.